The summed E-state index contributed by atoms with van der Waals surface area (Å²) in [5.74, 6) is -1.15. The number of ether oxygens (including phenoxy) is 1. The quantitative estimate of drug-likeness (QED) is 0.860. The van der Waals surface area contributed by atoms with Crippen LogP contribution in [0.2, 0.25) is 0 Å². The average Bonchev–Trinajstić information content (AvgIpc) is 2.39. The fourth-order valence-corrected chi connectivity index (χ4v) is 2.62. The van der Waals surface area contributed by atoms with E-state index in [0.29, 0.717) is 18.7 Å². The molecule has 1 aromatic carbocycles. The van der Waals surface area contributed by atoms with Crippen LogP contribution in [0.25, 0.3) is 0 Å². The van der Waals surface area contributed by atoms with Gasteiger partial charge in [-0.25, -0.2) is 4.39 Å². The Hall–Kier alpha value is -1.14. The summed E-state index contributed by atoms with van der Waals surface area (Å²) in [6, 6.07) is 3.11. The molecule has 0 spiro atoms. The second kappa shape index (κ2) is 6.10. The third kappa shape index (κ3) is 3.30. The molecule has 2 nitrogen and oxygen atoms in total. The van der Waals surface area contributed by atoms with Gasteiger partial charge in [-0.05, 0) is 37.6 Å². The standard InChI is InChI=1S/C14H17F4NO/c1-19-8-10-3-2-6-20-13(10)9-4-5-12(15)11(7-9)14(16,17)18/h4-5,7,10,13,19H,2-3,6,8H2,1H3. The molecule has 6 heteroatoms. The van der Waals surface area contributed by atoms with E-state index in [1.807, 2.05) is 0 Å². The molecule has 1 heterocycles. The zero-order valence-electron chi connectivity index (χ0n) is 11.1. The van der Waals surface area contributed by atoms with E-state index in [9.17, 15) is 17.6 Å². The van der Waals surface area contributed by atoms with E-state index in [4.69, 9.17) is 4.74 Å². The summed E-state index contributed by atoms with van der Waals surface area (Å²) in [5, 5.41) is 3.02. The van der Waals surface area contributed by atoms with Crippen molar-refractivity contribution in [3.05, 3.63) is 35.1 Å². The van der Waals surface area contributed by atoms with Gasteiger partial charge >= 0.3 is 6.18 Å². The maximum atomic E-state index is 13.3. The van der Waals surface area contributed by atoms with Gasteiger partial charge in [0.15, 0.2) is 0 Å². The number of alkyl halides is 3. The van der Waals surface area contributed by atoms with Crippen LogP contribution in [0.15, 0.2) is 18.2 Å². The first-order valence-electron chi connectivity index (χ1n) is 6.56. The topological polar surface area (TPSA) is 21.3 Å². The smallest absolute Gasteiger partial charge is 0.373 e. The van der Waals surface area contributed by atoms with Crippen LogP contribution < -0.4 is 5.32 Å². The Morgan fingerprint density at radius 3 is 2.75 bits per heavy atom. The summed E-state index contributed by atoms with van der Waals surface area (Å²) < 4.78 is 57.2. The molecule has 0 aliphatic carbocycles. The summed E-state index contributed by atoms with van der Waals surface area (Å²) >= 11 is 0. The third-order valence-electron chi connectivity index (χ3n) is 3.54. The molecular weight excluding hydrogens is 274 g/mol. The van der Waals surface area contributed by atoms with Crippen LogP contribution >= 0.6 is 0 Å². The zero-order chi connectivity index (χ0) is 14.8. The van der Waals surface area contributed by atoms with Crippen LogP contribution in [0.4, 0.5) is 17.6 Å². The monoisotopic (exact) mass is 291 g/mol. The molecule has 2 unspecified atom stereocenters. The molecule has 0 saturated carbocycles. The SMILES string of the molecule is CNCC1CCCOC1c1ccc(F)c(C(F)(F)F)c1. The van der Waals surface area contributed by atoms with E-state index in [0.717, 1.165) is 25.0 Å². The van der Waals surface area contributed by atoms with Crippen molar-refractivity contribution >= 4 is 0 Å². The van der Waals surface area contributed by atoms with Crippen molar-refractivity contribution in [3.63, 3.8) is 0 Å². The van der Waals surface area contributed by atoms with E-state index in [-0.39, 0.29) is 5.92 Å². The Labute approximate surface area is 115 Å². The Kier molecular flexibility index (Phi) is 4.65. The number of benzene rings is 1. The van der Waals surface area contributed by atoms with Crippen LogP contribution in [-0.4, -0.2) is 20.2 Å². The van der Waals surface area contributed by atoms with Crippen LogP contribution in [-0.2, 0) is 10.9 Å². The van der Waals surface area contributed by atoms with Crippen molar-refractivity contribution < 1.29 is 22.3 Å². The van der Waals surface area contributed by atoms with E-state index >= 15 is 0 Å². The molecule has 20 heavy (non-hydrogen) atoms. The second-order valence-electron chi connectivity index (χ2n) is 4.99. The molecule has 1 fully saturated rings. The summed E-state index contributed by atoms with van der Waals surface area (Å²) in [6.45, 7) is 1.17. The van der Waals surface area contributed by atoms with E-state index < -0.39 is 23.7 Å². The van der Waals surface area contributed by atoms with E-state index in [2.05, 4.69) is 5.32 Å². The number of hydrogen-bond acceptors (Lipinski definition) is 2. The first kappa shape index (κ1) is 15.3. The van der Waals surface area contributed by atoms with Crippen LogP contribution in [0.5, 0.6) is 0 Å². The maximum absolute atomic E-state index is 13.3. The van der Waals surface area contributed by atoms with Gasteiger partial charge in [0, 0.05) is 19.1 Å². The molecule has 1 saturated heterocycles. The predicted octanol–water partition coefficient (Wildman–Crippen LogP) is 3.53. The molecule has 1 aromatic rings. The maximum Gasteiger partial charge on any atom is 0.419 e. The van der Waals surface area contributed by atoms with Crippen molar-refractivity contribution in [2.45, 2.75) is 25.1 Å². The number of halogens is 4. The molecule has 0 bridgehead atoms. The van der Waals surface area contributed by atoms with Gasteiger partial charge in [-0.15, -0.1) is 0 Å². The highest BCUT2D eigenvalue weighted by Gasteiger charge is 2.36. The van der Waals surface area contributed by atoms with Gasteiger partial charge < -0.3 is 10.1 Å². The highest BCUT2D eigenvalue weighted by Crippen LogP contribution is 2.37. The first-order chi connectivity index (χ1) is 9.43. The summed E-state index contributed by atoms with van der Waals surface area (Å²) in [7, 11) is 1.79. The number of rotatable bonds is 3. The number of hydrogen-bond donors (Lipinski definition) is 1. The Balaban J connectivity index is 2.31. The van der Waals surface area contributed by atoms with Crippen LogP contribution in [0, 0.1) is 11.7 Å². The van der Waals surface area contributed by atoms with Gasteiger partial charge in [-0.1, -0.05) is 6.07 Å². The fraction of sp³-hybridized carbons (Fsp3) is 0.571. The molecule has 2 atom stereocenters. The van der Waals surface area contributed by atoms with Gasteiger partial charge in [0.25, 0.3) is 0 Å². The molecule has 112 valence electrons. The van der Waals surface area contributed by atoms with Crippen molar-refractivity contribution in [1.82, 2.24) is 5.32 Å². The molecule has 1 aliphatic heterocycles. The molecule has 2 rings (SSSR count). The largest absolute Gasteiger partial charge is 0.419 e. The van der Waals surface area contributed by atoms with Crippen molar-refractivity contribution in [2.75, 3.05) is 20.2 Å². The summed E-state index contributed by atoms with van der Waals surface area (Å²) in [5.41, 5.74) is -0.842. The highest BCUT2D eigenvalue weighted by molar-refractivity contribution is 5.29. The highest BCUT2D eigenvalue weighted by atomic mass is 19.4. The lowest BCUT2D eigenvalue weighted by Crippen LogP contribution is -2.30. The Morgan fingerprint density at radius 2 is 2.10 bits per heavy atom. The lowest BCUT2D eigenvalue weighted by Gasteiger charge is -2.32. The average molecular weight is 291 g/mol. The zero-order valence-corrected chi connectivity index (χ0v) is 11.1. The Morgan fingerprint density at radius 1 is 1.35 bits per heavy atom. The molecular formula is C14H17F4NO. The predicted molar refractivity (Wildman–Crippen MR) is 66.7 cm³/mol. The number of nitrogens with one attached hydrogen (secondary N) is 1. The molecule has 1 N–H and O–H groups in total. The summed E-state index contributed by atoms with van der Waals surface area (Å²) in [6.07, 6.45) is -3.34. The minimum absolute atomic E-state index is 0.0975. The third-order valence-corrected chi connectivity index (χ3v) is 3.54. The lowest BCUT2D eigenvalue weighted by molar-refractivity contribution is -0.140. The molecule has 1 aliphatic rings. The fourth-order valence-electron chi connectivity index (χ4n) is 2.62. The minimum Gasteiger partial charge on any atom is -0.373 e. The molecule has 0 radical (unpaired) electrons. The van der Waals surface area contributed by atoms with Crippen LogP contribution in [0.3, 0.4) is 0 Å². The first-order valence-corrected chi connectivity index (χ1v) is 6.56. The lowest BCUT2D eigenvalue weighted by atomic mass is 9.88. The van der Waals surface area contributed by atoms with Gasteiger partial charge in [0.2, 0.25) is 0 Å². The normalized spacial score (nSPS) is 23.9. The van der Waals surface area contributed by atoms with E-state index in [1.54, 1.807) is 7.05 Å². The molecule has 0 aromatic heterocycles. The van der Waals surface area contributed by atoms with Gasteiger partial charge in [-0.2, -0.15) is 13.2 Å². The van der Waals surface area contributed by atoms with Gasteiger partial charge in [0.05, 0.1) is 11.7 Å². The second-order valence-corrected chi connectivity index (χ2v) is 4.99. The van der Waals surface area contributed by atoms with Gasteiger partial charge in [0.1, 0.15) is 5.82 Å². The Bertz CT molecular complexity index is 459. The molecule has 0 amide bonds. The summed E-state index contributed by atoms with van der Waals surface area (Å²) in [4.78, 5) is 0. The van der Waals surface area contributed by atoms with Crippen molar-refractivity contribution in [2.24, 2.45) is 5.92 Å². The minimum atomic E-state index is -4.69. The van der Waals surface area contributed by atoms with E-state index in [1.165, 1.54) is 6.07 Å². The van der Waals surface area contributed by atoms with Crippen molar-refractivity contribution in [3.8, 4) is 0 Å². The van der Waals surface area contributed by atoms with Gasteiger partial charge in [-0.3, -0.25) is 0 Å². The van der Waals surface area contributed by atoms with Crippen LogP contribution in [0.1, 0.15) is 30.1 Å². The van der Waals surface area contributed by atoms with Crippen molar-refractivity contribution in [1.29, 1.82) is 0 Å².